The van der Waals surface area contributed by atoms with Crippen molar-refractivity contribution in [1.82, 2.24) is 0 Å². The van der Waals surface area contributed by atoms with E-state index in [1.54, 1.807) is 32.9 Å². The molecule has 1 N–H and O–H groups in total. The molecule has 0 saturated carbocycles. The second kappa shape index (κ2) is 4.70. The lowest BCUT2D eigenvalue weighted by Gasteiger charge is -2.32. The van der Waals surface area contributed by atoms with E-state index in [-0.39, 0.29) is 18.0 Å². The van der Waals surface area contributed by atoms with Gasteiger partial charge in [-0.2, -0.15) is 0 Å². The molecular formula is C17H20N2O5. The fraction of sp³-hybridized carbons (Fsp3) is 0.529. The number of amides is 1. The van der Waals surface area contributed by atoms with E-state index in [0.29, 0.717) is 17.8 Å². The monoisotopic (exact) mass is 332 g/mol. The van der Waals surface area contributed by atoms with E-state index in [1.165, 1.54) is 7.11 Å². The number of carbonyl (C=O) groups is 2. The van der Waals surface area contributed by atoms with Crippen molar-refractivity contribution in [1.29, 1.82) is 0 Å². The second-order valence-electron chi connectivity index (χ2n) is 7.29. The molecule has 24 heavy (non-hydrogen) atoms. The number of Topliss-reactive ketones (excluding diaryl/α,β-unsaturated/α-hetero) is 1. The Hall–Kier alpha value is -2.12. The van der Waals surface area contributed by atoms with Gasteiger partial charge in [-0.1, -0.05) is 0 Å². The summed E-state index contributed by atoms with van der Waals surface area (Å²) in [5.74, 6) is -0.127. The lowest BCUT2D eigenvalue weighted by atomic mass is 10.0. The van der Waals surface area contributed by atoms with Crippen LogP contribution in [0.5, 0.6) is 0 Å². The molecule has 7 nitrogen and oxygen atoms in total. The maximum Gasteiger partial charge on any atom is 0.412 e. The summed E-state index contributed by atoms with van der Waals surface area (Å²) < 4.78 is 16.4. The molecule has 1 amide bonds. The molecule has 3 atom stereocenters. The Morgan fingerprint density at radius 3 is 2.83 bits per heavy atom. The van der Waals surface area contributed by atoms with Gasteiger partial charge in [0.2, 0.25) is 11.5 Å². The number of nitrogens with zero attached hydrogens (tertiary/aromatic N) is 1. The largest absolute Gasteiger partial charge is 0.444 e. The van der Waals surface area contributed by atoms with Crippen molar-refractivity contribution in [2.24, 2.45) is 0 Å². The van der Waals surface area contributed by atoms with Crippen LogP contribution in [0.1, 0.15) is 31.1 Å². The van der Waals surface area contributed by atoms with Crippen molar-refractivity contribution in [3.63, 3.8) is 0 Å². The number of nitrogens with one attached hydrogen (secondary N) is 1. The van der Waals surface area contributed by atoms with Crippen LogP contribution >= 0.6 is 0 Å². The minimum atomic E-state index is -1.06. The third-order valence-corrected chi connectivity index (χ3v) is 4.55. The molecule has 4 rings (SSSR count). The third kappa shape index (κ3) is 2.04. The van der Waals surface area contributed by atoms with Crippen molar-refractivity contribution in [2.75, 3.05) is 23.9 Å². The van der Waals surface area contributed by atoms with Gasteiger partial charge in [0.25, 0.3) is 0 Å². The van der Waals surface area contributed by atoms with Gasteiger partial charge in [0.05, 0.1) is 12.2 Å². The normalized spacial score (nSPS) is 29.8. The summed E-state index contributed by atoms with van der Waals surface area (Å²) in [4.78, 5) is 26.8. The molecule has 1 aromatic carbocycles. The molecule has 0 aliphatic carbocycles. The van der Waals surface area contributed by atoms with Gasteiger partial charge in [-0.15, -0.1) is 0 Å². The highest BCUT2D eigenvalue weighted by Crippen LogP contribution is 2.53. The van der Waals surface area contributed by atoms with Crippen molar-refractivity contribution >= 4 is 23.3 Å². The molecular weight excluding hydrogens is 312 g/mol. The smallest absolute Gasteiger partial charge is 0.412 e. The lowest BCUT2D eigenvalue weighted by molar-refractivity contribution is -0.0103. The number of morpholine rings is 1. The van der Waals surface area contributed by atoms with E-state index < -0.39 is 17.4 Å². The predicted octanol–water partition coefficient (Wildman–Crippen LogP) is 2.16. The zero-order chi connectivity index (χ0) is 17.3. The molecule has 2 fully saturated rings. The number of fused-ring (bicyclic) bond motifs is 5. The Morgan fingerprint density at radius 1 is 1.42 bits per heavy atom. The molecule has 0 radical (unpaired) electrons. The summed E-state index contributed by atoms with van der Waals surface area (Å²) in [5.41, 5.74) is 0.207. The molecule has 3 aliphatic heterocycles. The van der Waals surface area contributed by atoms with Gasteiger partial charge in [0, 0.05) is 18.4 Å². The molecule has 7 heteroatoms. The van der Waals surface area contributed by atoms with Crippen LogP contribution in [-0.4, -0.2) is 49.1 Å². The first-order valence-corrected chi connectivity index (χ1v) is 7.93. The number of methoxy groups -OCH3 is 1. The number of ether oxygens (including phenoxy) is 3. The molecule has 3 heterocycles. The Bertz CT molecular complexity index is 741. The summed E-state index contributed by atoms with van der Waals surface area (Å²) in [6.07, 6.45) is -0.716. The number of ketones is 1. The van der Waals surface area contributed by atoms with Crippen LogP contribution in [0.15, 0.2) is 18.2 Å². The molecule has 0 aromatic heterocycles. The summed E-state index contributed by atoms with van der Waals surface area (Å²) in [6, 6.07) is 5.25. The summed E-state index contributed by atoms with van der Waals surface area (Å²) in [6.45, 7) is 6.01. The number of benzene rings is 1. The standard InChI is InChI=1S/C17H20N2O5/c1-16(2,3)24-15(21)18-9-5-6-11-10(7-9)13(20)17(22-4)14-12(23-14)8-19(11)17/h5-7,12,14H,8H2,1-4H3,(H,18,21)/t12-,14-,17+/m1/s1. The van der Waals surface area contributed by atoms with Crippen LogP contribution in [0.25, 0.3) is 0 Å². The minimum absolute atomic E-state index is 0.0571. The minimum Gasteiger partial charge on any atom is -0.444 e. The summed E-state index contributed by atoms with van der Waals surface area (Å²) in [5, 5.41) is 2.66. The van der Waals surface area contributed by atoms with E-state index in [0.717, 1.165) is 5.69 Å². The van der Waals surface area contributed by atoms with E-state index in [2.05, 4.69) is 5.32 Å². The third-order valence-electron chi connectivity index (χ3n) is 4.55. The van der Waals surface area contributed by atoms with Crippen LogP contribution in [0.3, 0.4) is 0 Å². The van der Waals surface area contributed by atoms with E-state index in [4.69, 9.17) is 14.2 Å². The van der Waals surface area contributed by atoms with Crippen LogP contribution in [0.4, 0.5) is 16.2 Å². The average molecular weight is 332 g/mol. The van der Waals surface area contributed by atoms with Crippen LogP contribution < -0.4 is 10.2 Å². The van der Waals surface area contributed by atoms with Crippen molar-refractivity contribution < 1.29 is 23.8 Å². The number of carbonyl (C=O) groups excluding carboxylic acids is 2. The molecule has 3 aliphatic rings. The highest BCUT2D eigenvalue weighted by molar-refractivity contribution is 6.15. The van der Waals surface area contributed by atoms with Crippen molar-refractivity contribution in [3.05, 3.63) is 23.8 Å². The Labute approximate surface area is 139 Å². The Balaban J connectivity index is 1.61. The maximum absolute atomic E-state index is 12.9. The van der Waals surface area contributed by atoms with E-state index in [9.17, 15) is 9.59 Å². The van der Waals surface area contributed by atoms with Gasteiger partial charge in [0.15, 0.2) is 0 Å². The number of anilines is 2. The molecule has 0 spiro atoms. The van der Waals surface area contributed by atoms with Gasteiger partial charge in [-0.3, -0.25) is 10.1 Å². The van der Waals surface area contributed by atoms with Gasteiger partial charge < -0.3 is 19.1 Å². The van der Waals surface area contributed by atoms with Gasteiger partial charge in [0.1, 0.15) is 17.8 Å². The molecule has 128 valence electrons. The van der Waals surface area contributed by atoms with Crippen LogP contribution in [0.2, 0.25) is 0 Å². The predicted molar refractivity (Wildman–Crippen MR) is 86.4 cm³/mol. The first-order chi connectivity index (χ1) is 11.3. The Morgan fingerprint density at radius 2 is 2.17 bits per heavy atom. The van der Waals surface area contributed by atoms with Crippen molar-refractivity contribution in [3.8, 4) is 0 Å². The number of epoxide rings is 1. The number of hydrogen-bond donors (Lipinski definition) is 1. The lowest BCUT2D eigenvalue weighted by Crippen LogP contribution is -2.52. The van der Waals surface area contributed by atoms with Gasteiger partial charge in [-0.25, -0.2) is 4.79 Å². The quantitative estimate of drug-likeness (QED) is 0.836. The number of rotatable bonds is 2. The molecule has 0 unspecified atom stereocenters. The van der Waals surface area contributed by atoms with Gasteiger partial charge in [-0.05, 0) is 39.0 Å². The fourth-order valence-electron chi connectivity index (χ4n) is 3.59. The number of hydrogen-bond acceptors (Lipinski definition) is 6. The van der Waals surface area contributed by atoms with Crippen LogP contribution in [0, 0.1) is 0 Å². The SMILES string of the molecule is CO[C@]12C(=O)c3cc(NC(=O)OC(C)(C)C)ccc3N1C[C@H]1O[C@H]12. The first-order valence-electron chi connectivity index (χ1n) is 7.93. The topological polar surface area (TPSA) is 80.4 Å². The molecule has 2 saturated heterocycles. The van der Waals surface area contributed by atoms with Crippen molar-refractivity contribution in [2.45, 2.75) is 44.3 Å². The zero-order valence-corrected chi connectivity index (χ0v) is 14.1. The first kappa shape index (κ1) is 15.4. The van der Waals surface area contributed by atoms with E-state index in [1.807, 2.05) is 11.0 Å². The second-order valence-corrected chi connectivity index (χ2v) is 7.29. The zero-order valence-electron chi connectivity index (χ0n) is 14.1. The maximum atomic E-state index is 12.9. The van der Waals surface area contributed by atoms with E-state index >= 15 is 0 Å². The fourth-order valence-corrected chi connectivity index (χ4v) is 3.59. The van der Waals surface area contributed by atoms with Crippen LogP contribution in [-0.2, 0) is 14.2 Å². The highest BCUT2D eigenvalue weighted by atomic mass is 16.6. The molecule has 1 aromatic rings. The average Bonchev–Trinajstić information content (AvgIpc) is 3.12. The Kier molecular flexibility index (Phi) is 3.02. The molecule has 0 bridgehead atoms. The van der Waals surface area contributed by atoms with Gasteiger partial charge >= 0.3 is 6.09 Å². The summed E-state index contributed by atoms with van der Waals surface area (Å²) >= 11 is 0. The summed E-state index contributed by atoms with van der Waals surface area (Å²) in [7, 11) is 1.53. The highest BCUT2D eigenvalue weighted by Gasteiger charge is 2.72.